The fourth-order valence-electron chi connectivity index (χ4n) is 8.33. The van der Waals surface area contributed by atoms with Crippen molar-refractivity contribution in [3.05, 3.63) is 224 Å². The third-order valence-electron chi connectivity index (χ3n) is 10.8. The summed E-state index contributed by atoms with van der Waals surface area (Å²) in [6.45, 7) is 0. The second-order valence-corrected chi connectivity index (χ2v) is 14.1. The van der Waals surface area contributed by atoms with Crippen molar-refractivity contribution in [2.45, 2.75) is 0 Å². The summed E-state index contributed by atoms with van der Waals surface area (Å²) in [5.74, 6) is 0. The van der Waals surface area contributed by atoms with Gasteiger partial charge in [0.2, 0.25) is 0 Å². The smallest absolute Gasteiger partial charge is 0.0462 e. The molecule has 0 aromatic heterocycles. The van der Waals surface area contributed by atoms with Crippen LogP contribution in [0.1, 0.15) is 0 Å². The zero-order valence-corrected chi connectivity index (χ0v) is 30.3. The molecule has 0 unspecified atom stereocenters. The monoisotopic (exact) mass is 699 g/mol. The van der Waals surface area contributed by atoms with E-state index in [9.17, 15) is 0 Å². The van der Waals surface area contributed by atoms with Gasteiger partial charge in [-0.15, -0.1) is 0 Å². The molecule has 0 N–H and O–H groups in total. The van der Waals surface area contributed by atoms with Crippen molar-refractivity contribution in [3.63, 3.8) is 0 Å². The Kier molecular flexibility index (Phi) is 8.24. The first kappa shape index (κ1) is 32.4. The van der Waals surface area contributed by atoms with E-state index >= 15 is 0 Å². The van der Waals surface area contributed by atoms with Crippen LogP contribution in [0.5, 0.6) is 0 Å². The molecule has 0 saturated carbocycles. The molecule has 0 aliphatic carbocycles. The van der Waals surface area contributed by atoms with Crippen LogP contribution in [0.25, 0.3) is 76.8 Å². The van der Waals surface area contributed by atoms with Gasteiger partial charge in [-0.25, -0.2) is 0 Å². The van der Waals surface area contributed by atoms with E-state index in [0.29, 0.717) is 0 Å². The summed E-state index contributed by atoms with van der Waals surface area (Å²) in [5.41, 5.74) is 13.0. The van der Waals surface area contributed by atoms with Gasteiger partial charge in [0.05, 0.1) is 0 Å². The van der Waals surface area contributed by atoms with Gasteiger partial charge in [0.1, 0.15) is 0 Å². The van der Waals surface area contributed by atoms with E-state index in [1.807, 2.05) is 0 Å². The molecule has 0 bridgehead atoms. The van der Waals surface area contributed by atoms with Gasteiger partial charge < -0.3 is 4.90 Å². The molecule has 0 fully saturated rings. The Labute approximate surface area is 322 Å². The lowest BCUT2D eigenvalue weighted by molar-refractivity contribution is 1.28. The maximum Gasteiger partial charge on any atom is 0.0462 e. The van der Waals surface area contributed by atoms with Gasteiger partial charge in [-0.2, -0.15) is 0 Å². The van der Waals surface area contributed by atoms with Crippen molar-refractivity contribution in [1.82, 2.24) is 0 Å². The van der Waals surface area contributed by atoms with Crippen LogP contribution in [-0.4, -0.2) is 0 Å². The highest BCUT2D eigenvalue weighted by atomic mass is 15.1. The van der Waals surface area contributed by atoms with Crippen LogP contribution >= 0.6 is 0 Å². The van der Waals surface area contributed by atoms with Crippen LogP contribution in [0.4, 0.5) is 17.1 Å². The average molecular weight is 700 g/mol. The van der Waals surface area contributed by atoms with Gasteiger partial charge in [-0.3, -0.25) is 0 Å². The van der Waals surface area contributed by atoms with E-state index in [1.165, 1.54) is 76.8 Å². The maximum absolute atomic E-state index is 2.44. The van der Waals surface area contributed by atoms with Gasteiger partial charge in [-0.1, -0.05) is 176 Å². The molecule has 0 heterocycles. The van der Waals surface area contributed by atoms with Gasteiger partial charge >= 0.3 is 0 Å². The van der Waals surface area contributed by atoms with Gasteiger partial charge in [0.25, 0.3) is 0 Å². The molecule has 55 heavy (non-hydrogen) atoms. The van der Waals surface area contributed by atoms with Crippen LogP contribution in [0, 0.1) is 0 Å². The summed E-state index contributed by atoms with van der Waals surface area (Å²) in [4.78, 5) is 2.33. The van der Waals surface area contributed by atoms with Crippen molar-refractivity contribution in [3.8, 4) is 44.5 Å². The zero-order chi connectivity index (χ0) is 36.6. The van der Waals surface area contributed by atoms with Crippen molar-refractivity contribution in [2.75, 3.05) is 4.90 Å². The highest BCUT2D eigenvalue weighted by molar-refractivity contribution is 6.33. The quantitative estimate of drug-likeness (QED) is 0.150. The Bertz CT molecular complexity index is 2880. The summed E-state index contributed by atoms with van der Waals surface area (Å²) in [6, 6.07) is 81.4. The molecule has 0 atom stereocenters. The predicted molar refractivity (Wildman–Crippen MR) is 235 cm³/mol. The fraction of sp³-hybridized carbons (Fsp3) is 0. The van der Waals surface area contributed by atoms with Crippen molar-refractivity contribution >= 4 is 49.4 Å². The predicted octanol–water partition coefficient (Wildman–Crippen LogP) is 15.3. The van der Waals surface area contributed by atoms with Crippen LogP contribution in [0.2, 0.25) is 0 Å². The number of nitrogens with zero attached hydrogens (tertiary/aromatic N) is 1. The summed E-state index contributed by atoms with van der Waals surface area (Å²) in [6.07, 6.45) is 0. The molecule has 1 nitrogen and oxygen atoms in total. The molecular formula is C54H37N. The second kappa shape index (κ2) is 14.0. The number of hydrogen-bond acceptors (Lipinski definition) is 1. The van der Waals surface area contributed by atoms with Crippen molar-refractivity contribution < 1.29 is 0 Å². The van der Waals surface area contributed by atoms with Crippen LogP contribution in [-0.2, 0) is 0 Å². The molecule has 1 heteroatoms. The number of para-hydroxylation sites is 2. The topological polar surface area (TPSA) is 3.24 Å². The third kappa shape index (κ3) is 5.84. The fourth-order valence-corrected chi connectivity index (χ4v) is 8.33. The molecule has 0 aliphatic heterocycles. The average Bonchev–Trinajstić information content (AvgIpc) is 3.28. The number of fused-ring (bicyclic) bond motifs is 6. The minimum absolute atomic E-state index is 1.11. The Hall–Kier alpha value is -7.22. The Morgan fingerprint density at radius 3 is 1.25 bits per heavy atom. The number of hydrogen-bond donors (Lipinski definition) is 0. The standard InChI is InChI=1S/C54H37N/c1-6-18-38(19-7-1)42-32-35-48-51(36-42)46-28-16-17-29-47(46)53-50(40-22-10-3-11-23-40)37-49(39-20-8-2-9-21-39)52(54(48)53)41-30-33-45(34-31-41)55(43-24-12-4-13-25-43)44-26-14-5-15-27-44/h1-37H. The summed E-state index contributed by atoms with van der Waals surface area (Å²) in [7, 11) is 0. The highest BCUT2D eigenvalue weighted by Gasteiger charge is 2.22. The molecule has 0 saturated heterocycles. The van der Waals surface area contributed by atoms with Gasteiger partial charge in [0.15, 0.2) is 0 Å². The summed E-state index contributed by atoms with van der Waals surface area (Å²) < 4.78 is 0. The lowest BCUT2D eigenvalue weighted by Gasteiger charge is -2.26. The Balaban J connectivity index is 1.31. The number of rotatable bonds is 7. The maximum atomic E-state index is 2.44. The Morgan fingerprint density at radius 2 is 0.673 bits per heavy atom. The van der Waals surface area contributed by atoms with E-state index in [2.05, 4.69) is 229 Å². The largest absolute Gasteiger partial charge is 0.311 e. The molecule has 0 radical (unpaired) electrons. The molecule has 0 aliphatic rings. The van der Waals surface area contributed by atoms with E-state index in [-0.39, 0.29) is 0 Å². The molecule has 258 valence electrons. The van der Waals surface area contributed by atoms with Crippen LogP contribution < -0.4 is 4.90 Å². The molecule has 10 aromatic carbocycles. The van der Waals surface area contributed by atoms with Crippen LogP contribution in [0.3, 0.4) is 0 Å². The highest BCUT2D eigenvalue weighted by Crippen LogP contribution is 2.50. The van der Waals surface area contributed by atoms with Gasteiger partial charge in [0, 0.05) is 17.1 Å². The van der Waals surface area contributed by atoms with E-state index in [0.717, 1.165) is 17.1 Å². The zero-order valence-electron chi connectivity index (χ0n) is 30.3. The molecular weight excluding hydrogens is 663 g/mol. The van der Waals surface area contributed by atoms with E-state index in [1.54, 1.807) is 0 Å². The van der Waals surface area contributed by atoms with Crippen LogP contribution in [0.15, 0.2) is 224 Å². The van der Waals surface area contributed by atoms with Crippen molar-refractivity contribution in [1.29, 1.82) is 0 Å². The minimum atomic E-state index is 1.11. The van der Waals surface area contributed by atoms with Crippen molar-refractivity contribution in [2.24, 2.45) is 0 Å². The second-order valence-electron chi connectivity index (χ2n) is 14.1. The lowest BCUT2D eigenvalue weighted by Crippen LogP contribution is -2.09. The third-order valence-corrected chi connectivity index (χ3v) is 10.8. The molecule has 10 aromatic rings. The van der Waals surface area contributed by atoms with Gasteiger partial charge in [-0.05, 0) is 125 Å². The summed E-state index contributed by atoms with van der Waals surface area (Å²) >= 11 is 0. The summed E-state index contributed by atoms with van der Waals surface area (Å²) in [5, 5.41) is 7.56. The molecule has 0 spiro atoms. The normalized spacial score (nSPS) is 11.3. The number of benzene rings is 10. The first-order valence-electron chi connectivity index (χ1n) is 18.9. The minimum Gasteiger partial charge on any atom is -0.311 e. The van der Waals surface area contributed by atoms with E-state index < -0.39 is 0 Å². The Morgan fingerprint density at radius 1 is 0.236 bits per heavy atom. The SMILES string of the molecule is c1ccc(-c2ccc3c(c2)c2ccccc2c2c(-c4ccccc4)cc(-c4ccccc4)c(-c4ccc(N(c5ccccc5)c5ccccc5)cc4)c32)cc1. The first-order chi connectivity index (χ1) is 27.3. The molecule has 0 amide bonds. The lowest BCUT2D eigenvalue weighted by atomic mass is 9.81. The number of anilines is 3. The first-order valence-corrected chi connectivity index (χ1v) is 18.9. The molecule has 10 rings (SSSR count). The van der Waals surface area contributed by atoms with E-state index in [4.69, 9.17) is 0 Å².